The Morgan fingerprint density at radius 1 is 1.11 bits per heavy atom. The third kappa shape index (κ3) is 7.94. The number of carboxylic acids is 1. The predicted octanol–water partition coefficient (Wildman–Crippen LogP) is 5.19. The number of carbonyl (C=O) groups is 3. The van der Waals surface area contributed by atoms with Crippen LogP contribution in [-0.4, -0.2) is 60.0 Å². The number of hydrogen-bond donors (Lipinski definition) is 1. The van der Waals surface area contributed by atoms with Gasteiger partial charge in [0.25, 0.3) is 0 Å². The molecule has 2 amide bonds. The maximum Gasteiger partial charge on any atom is 0.311 e. The number of rotatable bonds is 15. The first kappa shape index (κ1) is 30.1. The van der Waals surface area contributed by atoms with Gasteiger partial charge in [0.15, 0.2) is 11.5 Å². The van der Waals surface area contributed by atoms with Gasteiger partial charge in [0.1, 0.15) is 6.61 Å². The number of carboxylic acid groups (broad SMARTS) is 1. The highest BCUT2D eigenvalue weighted by Crippen LogP contribution is 2.40. The molecule has 8 nitrogen and oxygen atoms in total. The Labute approximate surface area is 224 Å². The van der Waals surface area contributed by atoms with Crippen LogP contribution < -0.4 is 9.47 Å². The summed E-state index contributed by atoms with van der Waals surface area (Å²) in [6.07, 6.45) is 1.49. The Kier molecular flexibility index (Phi) is 11.4. The first-order valence-corrected chi connectivity index (χ1v) is 12.7. The van der Waals surface area contributed by atoms with Crippen LogP contribution in [0, 0.1) is 5.41 Å². The number of hydrogen-bond acceptors (Lipinski definition) is 6. The molecule has 0 aliphatic carbocycles. The van der Waals surface area contributed by atoms with E-state index in [1.54, 1.807) is 32.0 Å². The van der Waals surface area contributed by atoms with Crippen molar-refractivity contribution in [3.63, 3.8) is 0 Å². The summed E-state index contributed by atoms with van der Waals surface area (Å²) in [5, 5.41) is 10.6. The van der Waals surface area contributed by atoms with Crippen LogP contribution in [0.4, 0.5) is 0 Å². The van der Waals surface area contributed by atoms with Gasteiger partial charge in [-0.05, 0) is 62.2 Å². The molecule has 0 radical (unpaired) electrons. The molecule has 1 atom stereocenters. The van der Waals surface area contributed by atoms with Crippen molar-refractivity contribution >= 4 is 29.9 Å². The van der Waals surface area contributed by atoms with Crippen molar-refractivity contribution in [1.82, 2.24) is 9.80 Å². The van der Waals surface area contributed by atoms with Gasteiger partial charge in [-0.25, -0.2) is 0 Å². The van der Waals surface area contributed by atoms with Crippen molar-refractivity contribution in [3.05, 3.63) is 58.6 Å². The van der Waals surface area contributed by atoms with E-state index >= 15 is 0 Å². The van der Waals surface area contributed by atoms with Gasteiger partial charge >= 0.3 is 5.97 Å². The van der Waals surface area contributed by atoms with Crippen molar-refractivity contribution in [1.29, 1.82) is 0 Å². The molecule has 0 heterocycles. The van der Waals surface area contributed by atoms with Crippen LogP contribution in [-0.2, 0) is 20.9 Å². The van der Waals surface area contributed by atoms with E-state index in [1.165, 1.54) is 7.11 Å². The molecule has 9 heteroatoms. The molecule has 0 aliphatic rings. The van der Waals surface area contributed by atoms with Gasteiger partial charge in [0.2, 0.25) is 12.3 Å². The van der Waals surface area contributed by atoms with Crippen molar-refractivity contribution in [2.24, 2.45) is 5.41 Å². The molecular weight excluding hydrogens is 496 g/mol. The van der Waals surface area contributed by atoms with Gasteiger partial charge in [0, 0.05) is 18.0 Å². The summed E-state index contributed by atoms with van der Waals surface area (Å²) in [4.78, 5) is 38.6. The highest BCUT2D eigenvalue weighted by molar-refractivity contribution is 6.30. The molecule has 0 aliphatic heterocycles. The highest BCUT2D eigenvalue weighted by atomic mass is 35.5. The Balaban J connectivity index is 2.24. The molecule has 0 bridgehead atoms. The first-order chi connectivity index (χ1) is 17.6. The first-order valence-electron chi connectivity index (χ1n) is 12.4. The number of ether oxygens (including phenoxy) is 2. The minimum Gasteiger partial charge on any atom is -0.493 e. The van der Waals surface area contributed by atoms with E-state index in [1.807, 2.05) is 38.1 Å². The zero-order chi connectivity index (χ0) is 27.6. The van der Waals surface area contributed by atoms with Crippen LogP contribution in [0.5, 0.6) is 11.5 Å². The number of imide groups is 1. The van der Waals surface area contributed by atoms with Crippen LogP contribution in [0.25, 0.3) is 0 Å². The largest absolute Gasteiger partial charge is 0.493 e. The maximum atomic E-state index is 12.2. The second-order valence-electron chi connectivity index (χ2n) is 9.32. The molecule has 37 heavy (non-hydrogen) atoms. The summed E-state index contributed by atoms with van der Waals surface area (Å²) in [6, 6.07) is 12.4. The van der Waals surface area contributed by atoms with Crippen molar-refractivity contribution in [3.8, 4) is 11.5 Å². The van der Waals surface area contributed by atoms with E-state index in [2.05, 4.69) is 4.90 Å². The lowest BCUT2D eigenvalue weighted by molar-refractivity contribution is -0.151. The standard InChI is InChI=1S/C28H37ClN2O6/c1-6-8-25(33)31(19-32)15-16-37-23-14-9-20(17-24(23)36-5)18-30(7-2)26(28(3,4)27(34)35)21-10-12-22(29)13-11-21/h9-14,17,19,26H,6-8,15-16,18H2,1-5H3,(H,34,35). The summed E-state index contributed by atoms with van der Waals surface area (Å²) >= 11 is 6.08. The second kappa shape index (κ2) is 14.0. The Bertz CT molecular complexity index is 1060. The molecule has 2 aromatic rings. The Morgan fingerprint density at radius 2 is 1.78 bits per heavy atom. The van der Waals surface area contributed by atoms with Crippen molar-refractivity contribution in [2.45, 2.75) is 53.1 Å². The van der Waals surface area contributed by atoms with Crippen molar-refractivity contribution in [2.75, 3.05) is 26.8 Å². The lowest BCUT2D eigenvalue weighted by Crippen LogP contribution is -2.42. The van der Waals surface area contributed by atoms with Crippen LogP contribution in [0.2, 0.25) is 5.02 Å². The van der Waals surface area contributed by atoms with Crippen LogP contribution >= 0.6 is 11.6 Å². The van der Waals surface area contributed by atoms with E-state index in [4.69, 9.17) is 21.1 Å². The summed E-state index contributed by atoms with van der Waals surface area (Å²) in [6.45, 7) is 8.68. The van der Waals surface area contributed by atoms with Gasteiger partial charge < -0.3 is 14.6 Å². The number of carbonyl (C=O) groups excluding carboxylic acids is 2. The van der Waals surface area contributed by atoms with E-state index in [0.29, 0.717) is 48.9 Å². The third-order valence-corrected chi connectivity index (χ3v) is 6.56. The normalized spacial score (nSPS) is 12.2. The van der Waals surface area contributed by atoms with E-state index in [9.17, 15) is 19.5 Å². The quantitative estimate of drug-likeness (QED) is 0.315. The number of aliphatic carboxylic acids is 1. The predicted molar refractivity (Wildman–Crippen MR) is 143 cm³/mol. The number of benzene rings is 2. The molecule has 0 saturated heterocycles. The SMILES string of the molecule is CCCC(=O)N(C=O)CCOc1ccc(CN(CC)C(c2ccc(Cl)cc2)C(C)(C)C(=O)O)cc1OC. The molecule has 0 aromatic heterocycles. The summed E-state index contributed by atoms with van der Waals surface area (Å²) in [5.74, 6) is -0.133. The molecule has 0 fully saturated rings. The molecule has 2 aromatic carbocycles. The highest BCUT2D eigenvalue weighted by Gasteiger charge is 2.41. The molecular formula is C28H37ClN2O6. The molecule has 0 saturated carbocycles. The van der Waals surface area contributed by atoms with E-state index in [-0.39, 0.29) is 19.1 Å². The lowest BCUT2D eigenvalue weighted by Gasteiger charge is -2.40. The van der Waals surface area contributed by atoms with Crippen LogP contribution in [0.1, 0.15) is 57.7 Å². The fourth-order valence-corrected chi connectivity index (χ4v) is 4.37. The molecule has 1 unspecified atom stereocenters. The summed E-state index contributed by atoms with van der Waals surface area (Å²) < 4.78 is 11.3. The monoisotopic (exact) mass is 532 g/mol. The van der Waals surface area contributed by atoms with Gasteiger partial charge in [0.05, 0.1) is 25.1 Å². The van der Waals surface area contributed by atoms with Crippen LogP contribution in [0.15, 0.2) is 42.5 Å². The molecule has 1 N–H and O–H groups in total. The number of methoxy groups -OCH3 is 1. The van der Waals surface area contributed by atoms with E-state index in [0.717, 1.165) is 16.0 Å². The van der Waals surface area contributed by atoms with Gasteiger partial charge in [-0.3, -0.25) is 24.2 Å². The fourth-order valence-electron chi connectivity index (χ4n) is 4.24. The topological polar surface area (TPSA) is 96.4 Å². The number of halogens is 1. The third-order valence-electron chi connectivity index (χ3n) is 6.31. The second-order valence-corrected chi connectivity index (χ2v) is 9.76. The van der Waals surface area contributed by atoms with Crippen molar-refractivity contribution < 1.29 is 29.0 Å². The minimum atomic E-state index is -1.07. The van der Waals surface area contributed by atoms with E-state index < -0.39 is 17.4 Å². The minimum absolute atomic E-state index is 0.135. The lowest BCUT2D eigenvalue weighted by atomic mass is 9.79. The van der Waals surface area contributed by atoms with Crippen LogP contribution in [0.3, 0.4) is 0 Å². The summed E-state index contributed by atoms with van der Waals surface area (Å²) in [5.41, 5.74) is 0.707. The average Bonchev–Trinajstić information content (AvgIpc) is 2.87. The Hall–Kier alpha value is -3.10. The van der Waals surface area contributed by atoms with Gasteiger partial charge in [-0.2, -0.15) is 0 Å². The smallest absolute Gasteiger partial charge is 0.311 e. The summed E-state index contributed by atoms with van der Waals surface area (Å²) in [7, 11) is 1.54. The Morgan fingerprint density at radius 3 is 2.32 bits per heavy atom. The zero-order valence-corrected chi connectivity index (χ0v) is 23.0. The van der Waals surface area contributed by atoms with Gasteiger partial charge in [-0.15, -0.1) is 0 Å². The zero-order valence-electron chi connectivity index (χ0n) is 22.2. The van der Waals surface area contributed by atoms with Gasteiger partial charge in [-0.1, -0.05) is 43.6 Å². The number of nitrogens with zero attached hydrogens (tertiary/aromatic N) is 2. The fraction of sp³-hybridized carbons (Fsp3) is 0.464. The average molecular weight is 533 g/mol. The number of amides is 2. The molecule has 202 valence electrons. The molecule has 0 spiro atoms. The molecule has 2 rings (SSSR count). The maximum absolute atomic E-state index is 12.2.